The first-order chi connectivity index (χ1) is 8.82. The van der Waals surface area contributed by atoms with Crippen LogP contribution in [0.5, 0.6) is 0 Å². The number of benzene rings is 2. The molecule has 2 nitrogen and oxygen atoms in total. The van der Waals surface area contributed by atoms with Gasteiger partial charge in [0.05, 0.1) is 0 Å². The summed E-state index contributed by atoms with van der Waals surface area (Å²) in [6.07, 6.45) is -4.45. The van der Waals surface area contributed by atoms with Gasteiger partial charge in [-0.05, 0) is 0 Å². The monoisotopic (exact) mass is 330 g/mol. The molecular formula is C13H10AsF3O2. The molecule has 0 saturated carbocycles. The van der Waals surface area contributed by atoms with Crippen molar-refractivity contribution < 1.29 is 21.0 Å². The van der Waals surface area contributed by atoms with E-state index in [0.717, 1.165) is 24.3 Å². The molecule has 2 rings (SSSR count). The predicted molar refractivity (Wildman–Crippen MR) is 65.8 cm³/mol. The van der Waals surface area contributed by atoms with Gasteiger partial charge in [-0.2, -0.15) is 0 Å². The van der Waals surface area contributed by atoms with Crippen LogP contribution < -0.4 is 8.70 Å². The molecule has 0 aromatic heterocycles. The van der Waals surface area contributed by atoms with Crippen LogP contribution in [-0.4, -0.2) is 17.9 Å². The maximum absolute atomic E-state index is 12.4. The van der Waals surface area contributed by atoms with Gasteiger partial charge in [0, 0.05) is 0 Å². The molecule has 100 valence electrons. The van der Waals surface area contributed by atoms with E-state index in [1.807, 2.05) is 0 Å². The van der Waals surface area contributed by atoms with Crippen LogP contribution in [0.1, 0.15) is 5.56 Å². The number of halogens is 3. The van der Waals surface area contributed by atoms with E-state index in [4.69, 9.17) is 0 Å². The first-order valence-electron chi connectivity index (χ1n) is 5.38. The fourth-order valence-corrected chi connectivity index (χ4v) is 4.63. The van der Waals surface area contributed by atoms with Gasteiger partial charge in [0.15, 0.2) is 0 Å². The average Bonchev–Trinajstić information content (AvgIpc) is 2.39. The van der Waals surface area contributed by atoms with Crippen LogP contribution in [0.3, 0.4) is 0 Å². The van der Waals surface area contributed by atoms with Crippen molar-refractivity contribution in [1.82, 2.24) is 0 Å². The zero-order valence-electron chi connectivity index (χ0n) is 9.63. The minimum absolute atomic E-state index is 0.0392. The van der Waals surface area contributed by atoms with E-state index in [1.165, 1.54) is 12.1 Å². The molecule has 1 unspecified atom stereocenters. The Morgan fingerprint density at radius 1 is 0.842 bits per heavy atom. The third-order valence-electron chi connectivity index (χ3n) is 2.65. The molecule has 6 heteroatoms. The van der Waals surface area contributed by atoms with Crippen molar-refractivity contribution in [3.63, 3.8) is 0 Å². The molecule has 2 aromatic rings. The van der Waals surface area contributed by atoms with Crippen molar-refractivity contribution in [2.45, 2.75) is 6.18 Å². The Morgan fingerprint density at radius 2 is 1.32 bits per heavy atom. The third kappa shape index (κ3) is 2.93. The van der Waals surface area contributed by atoms with Crippen molar-refractivity contribution in [2.24, 2.45) is 0 Å². The number of hydrogen-bond acceptors (Lipinski definition) is 1. The second kappa shape index (κ2) is 4.91. The number of rotatable bonds is 2. The van der Waals surface area contributed by atoms with E-state index in [-0.39, 0.29) is 8.70 Å². The molecule has 1 N–H and O–H groups in total. The molecule has 0 aliphatic heterocycles. The van der Waals surface area contributed by atoms with Crippen molar-refractivity contribution >= 4 is 22.5 Å². The van der Waals surface area contributed by atoms with E-state index in [9.17, 15) is 21.0 Å². The fraction of sp³-hybridized carbons (Fsp3) is 0.0769. The Kier molecular flexibility index (Phi) is 3.61. The Hall–Kier alpha value is -1.45. The Labute approximate surface area is 110 Å². The van der Waals surface area contributed by atoms with Gasteiger partial charge < -0.3 is 0 Å². The molecule has 1 atom stereocenters. The van der Waals surface area contributed by atoms with Crippen LogP contribution >= 0.6 is 0 Å². The van der Waals surface area contributed by atoms with E-state index < -0.39 is 25.6 Å². The Bertz CT molecular complexity index is 606. The summed E-state index contributed by atoms with van der Waals surface area (Å²) in [5, 5.41) is 0. The van der Waals surface area contributed by atoms with Crippen LogP contribution in [-0.2, 0) is 9.92 Å². The topological polar surface area (TPSA) is 37.3 Å². The SMILES string of the molecule is O=[As](O)(c1ccccc1)c1ccc(C(F)(F)F)cc1. The molecule has 0 heterocycles. The second-order valence-corrected chi connectivity index (χ2v) is 8.54. The molecule has 0 bridgehead atoms. The summed E-state index contributed by atoms with van der Waals surface area (Å²) in [5.41, 5.74) is -0.834. The summed E-state index contributed by atoms with van der Waals surface area (Å²) in [6, 6.07) is 11.7. The summed E-state index contributed by atoms with van der Waals surface area (Å²) in [4.78, 5) is 0. The molecule has 0 saturated heterocycles. The number of hydrogen-bond donors (Lipinski definition) is 1. The number of alkyl halides is 3. The van der Waals surface area contributed by atoms with E-state index in [1.54, 1.807) is 18.2 Å². The van der Waals surface area contributed by atoms with Gasteiger partial charge >= 0.3 is 110 Å². The maximum atomic E-state index is 12.4. The quantitative estimate of drug-likeness (QED) is 0.851. The van der Waals surface area contributed by atoms with Gasteiger partial charge in [-0.15, -0.1) is 0 Å². The van der Waals surface area contributed by atoms with Gasteiger partial charge in [0.2, 0.25) is 0 Å². The van der Waals surface area contributed by atoms with Crippen molar-refractivity contribution in [3.8, 4) is 0 Å². The average molecular weight is 330 g/mol. The van der Waals surface area contributed by atoms with E-state index in [0.29, 0.717) is 0 Å². The van der Waals surface area contributed by atoms with Crippen LogP contribution in [0.25, 0.3) is 0 Å². The summed E-state index contributed by atoms with van der Waals surface area (Å²) >= 11 is -4.53. The molecule has 0 spiro atoms. The van der Waals surface area contributed by atoms with Crippen molar-refractivity contribution in [1.29, 1.82) is 0 Å². The van der Waals surface area contributed by atoms with E-state index >= 15 is 0 Å². The standard InChI is InChI=1S/C13H10AsF3O2/c15-13(16,17)10-6-8-12(9-7-10)14(18,19)11-4-2-1-3-5-11/h1-9H,(H,18,19). The second-order valence-electron chi connectivity index (χ2n) is 3.96. The summed E-state index contributed by atoms with van der Waals surface area (Å²) in [6.45, 7) is 0. The molecular weight excluding hydrogens is 320 g/mol. The van der Waals surface area contributed by atoms with Gasteiger partial charge in [0.25, 0.3) is 0 Å². The first-order valence-corrected chi connectivity index (χ1v) is 8.86. The predicted octanol–water partition coefficient (Wildman–Crippen LogP) is 1.68. The molecule has 0 fully saturated rings. The Morgan fingerprint density at radius 3 is 1.79 bits per heavy atom. The van der Waals surface area contributed by atoms with Crippen LogP contribution in [0, 0.1) is 0 Å². The Balaban J connectivity index is 2.40. The zero-order valence-corrected chi connectivity index (χ0v) is 11.5. The van der Waals surface area contributed by atoms with Crippen LogP contribution in [0.15, 0.2) is 54.6 Å². The van der Waals surface area contributed by atoms with Gasteiger partial charge in [-0.1, -0.05) is 0 Å². The van der Waals surface area contributed by atoms with Gasteiger partial charge in [0.1, 0.15) is 0 Å². The van der Waals surface area contributed by atoms with Crippen LogP contribution in [0.4, 0.5) is 13.2 Å². The zero-order chi connectivity index (χ0) is 14.1. The summed E-state index contributed by atoms with van der Waals surface area (Å²) < 4.78 is 59.9. The summed E-state index contributed by atoms with van der Waals surface area (Å²) in [5.74, 6) is 0. The molecule has 0 aliphatic carbocycles. The van der Waals surface area contributed by atoms with Crippen LogP contribution in [0.2, 0.25) is 0 Å². The molecule has 0 amide bonds. The third-order valence-corrected chi connectivity index (χ3v) is 6.84. The molecule has 19 heavy (non-hydrogen) atoms. The first kappa shape index (κ1) is 14.0. The van der Waals surface area contributed by atoms with Crippen molar-refractivity contribution in [3.05, 3.63) is 60.2 Å². The van der Waals surface area contributed by atoms with E-state index in [2.05, 4.69) is 0 Å². The minimum atomic E-state index is -4.53. The molecule has 0 aliphatic rings. The fourth-order valence-electron chi connectivity index (χ4n) is 1.63. The van der Waals surface area contributed by atoms with Gasteiger partial charge in [-0.3, -0.25) is 0 Å². The normalized spacial score (nSPS) is 14.9. The molecule has 0 radical (unpaired) electrons. The van der Waals surface area contributed by atoms with Crippen molar-refractivity contribution in [2.75, 3.05) is 0 Å². The van der Waals surface area contributed by atoms with Gasteiger partial charge in [-0.25, -0.2) is 0 Å². The summed E-state index contributed by atoms with van der Waals surface area (Å²) in [7, 11) is 0. The molecule has 2 aromatic carbocycles.